The van der Waals surface area contributed by atoms with Crippen molar-refractivity contribution in [2.75, 3.05) is 18.9 Å². The number of hydrogen-bond donors (Lipinski definition) is 1. The Balaban J connectivity index is 1.43. The van der Waals surface area contributed by atoms with Crippen LogP contribution in [0.3, 0.4) is 0 Å². The second-order valence-corrected chi connectivity index (χ2v) is 8.79. The van der Waals surface area contributed by atoms with E-state index in [0.717, 1.165) is 24.2 Å². The predicted molar refractivity (Wildman–Crippen MR) is 114 cm³/mol. The molecule has 0 aliphatic carbocycles. The lowest BCUT2D eigenvalue weighted by molar-refractivity contribution is -0.115. The largest absolute Gasteiger partial charge is 0.362 e. The summed E-state index contributed by atoms with van der Waals surface area (Å²) in [7, 11) is -2.02. The third-order valence-electron chi connectivity index (χ3n) is 4.89. The molecular formula is C20H21N7O3S. The number of benzene rings is 2. The van der Waals surface area contributed by atoms with E-state index >= 15 is 0 Å². The molecule has 4 rings (SSSR count). The van der Waals surface area contributed by atoms with E-state index in [1.165, 1.54) is 23.1 Å². The number of hydrogen-bond acceptors (Lipinski definition) is 6. The van der Waals surface area contributed by atoms with Crippen molar-refractivity contribution in [2.24, 2.45) is 4.40 Å². The lowest BCUT2D eigenvalue weighted by atomic mass is 10.1. The summed E-state index contributed by atoms with van der Waals surface area (Å²) in [5.74, 6) is 0.297. The van der Waals surface area contributed by atoms with E-state index in [1.54, 1.807) is 12.1 Å². The molecule has 160 valence electrons. The van der Waals surface area contributed by atoms with Gasteiger partial charge in [-0.3, -0.25) is 4.79 Å². The van der Waals surface area contributed by atoms with Crippen LogP contribution >= 0.6 is 0 Å². The molecule has 0 atom stereocenters. The number of amides is 1. The fourth-order valence-electron chi connectivity index (χ4n) is 3.27. The van der Waals surface area contributed by atoms with Crippen LogP contribution in [0, 0.1) is 0 Å². The van der Waals surface area contributed by atoms with Crippen molar-refractivity contribution in [1.82, 2.24) is 25.1 Å². The van der Waals surface area contributed by atoms with Gasteiger partial charge >= 0.3 is 0 Å². The molecule has 1 aliphatic rings. The maximum atomic E-state index is 12.6. The number of amidine groups is 1. The first kappa shape index (κ1) is 20.7. The number of tetrazole rings is 1. The van der Waals surface area contributed by atoms with Gasteiger partial charge in [-0.25, -0.2) is 4.68 Å². The van der Waals surface area contributed by atoms with Crippen LogP contribution < -0.4 is 5.32 Å². The van der Waals surface area contributed by atoms with Crippen LogP contribution in [0.2, 0.25) is 0 Å². The molecule has 10 nitrogen and oxygen atoms in total. The van der Waals surface area contributed by atoms with E-state index in [9.17, 15) is 13.2 Å². The van der Waals surface area contributed by atoms with E-state index < -0.39 is 10.0 Å². The highest BCUT2D eigenvalue weighted by atomic mass is 32.2. The molecule has 1 aromatic heterocycles. The standard InChI is InChI=1S/C20H21N7O3S/c1-26-11-3-6-19(26)23-31(29,30)18-5-2-4-16(13-18)22-20(28)12-15-7-9-17(10-8-15)27-14-21-24-25-27/h2,4-5,7-10,13-14H,3,6,11-12H2,1H3,(H,22,28)/b23-19+. The van der Waals surface area contributed by atoms with Gasteiger partial charge in [0.15, 0.2) is 0 Å². The van der Waals surface area contributed by atoms with Crippen LogP contribution in [0.1, 0.15) is 18.4 Å². The van der Waals surface area contributed by atoms with Crippen LogP contribution in [0.25, 0.3) is 5.69 Å². The molecule has 0 radical (unpaired) electrons. The summed E-state index contributed by atoms with van der Waals surface area (Å²) >= 11 is 0. The van der Waals surface area contributed by atoms with Gasteiger partial charge in [-0.1, -0.05) is 18.2 Å². The molecule has 1 aliphatic heterocycles. The van der Waals surface area contributed by atoms with Gasteiger partial charge in [0.1, 0.15) is 12.2 Å². The number of sulfonamides is 1. The summed E-state index contributed by atoms with van der Waals surface area (Å²) in [6, 6.07) is 13.4. The lowest BCUT2D eigenvalue weighted by Crippen LogP contribution is -2.20. The summed E-state index contributed by atoms with van der Waals surface area (Å²) in [6.45, 7) is 0.793. The molecule has 1 fully saturated rings. The van der Waals surface area contributed by atoms with Crippen molar-refractivity contribution in [2.45, 2.75) is 24.2 Å². The zero-order valence-electron chi connectivity index (χ0n) is 16.8. The average molecular weight is 440 g/mol. The summed E-state index contributed by atoms with van der Waals surface area (Å²) < 4.78 is 30.8. The van der Waals surface area contributed by atoms with E-state index in [2.05, 4.69) is 25.2 Å². The van der Waals surface area contributed by atoms with Crippen molar-refractivity contribution in [3.8, 4) is 5.69 Å². The minimum Gasteiger partial charge on any atom is -0.362 e. The summed E-state index contributed by atoms with van der Waals surface area (Å²) in [6.07, 6.45) is 3.15. The molecule has 1 N–H and O–H groups in total. The number of carbonyl (C=O) groups is 1. The highest BCUT2D eigenvalue weighted by Crippen LogP contribution is 2.20. The van der Waals surface area contributed by atoms with Crippen molar-refractivity contribution in [3.05, 3.63) is 60.4 Å². The predicted octanol–water partition coefficient (Wildman–Crippen LogP) is 1.66. The zero-order chi connectivity index (χ0) is 21.8. The fraction of sp³-hybridized carbons (Fsp3) is 0.250. The minimum absolute atomic E-state index is 0.0453. The number of carbonyl (C=O) groups excluding carboxylic acids is 1. The van der Waals surface area contributed by atoms with Crippen LogP contribution in [0.5, 0.6) is 0 Å². The topological polar surface area (TPSA) is 122 Å². The first-order valence-corrected chi connectivity index (χ1v) is 11.1. The minimum atomic E-state index is -3.84. The Morgan fingerprint density at radius 2 is 2.00 bits per heavy atom. The zero-order valence-corrected chi connectivity index (χ0v) is 17.7. The molecule has 2 aromatic carbocycles. The molecule has 11 heteroatoms. The van der Waals surface area contributed by atoms with E-state index in [0.29, 0.717) is 17.9 Å². The van der Waals surface area contributed by atoms with Gasteiger partial charge in [0.25, 0.3) is 10.0 Å². The Kier molecular flexibility index (Phi) is 5.76. The Hall–Kier alpha value is -3.60. The monoisotopic (exact) mass is 439 g/mol. The van der Waals surface area contributed by atoms with Crippen LogP contribution in [0.15, 0.2) is 64.2 Å². The fourth-order valence-corrected chi connectivity index (χ4v) is 4.41. The van der Waals surface area contributed by atoms with Gasteiger partial charge in [-0.15, -0.1) is 9.50 Å². The summed E-state index contributed by atoms with van der Waals surface area (Å²) in [5, 5.41) is 13.7. The maximum absolute atomic E-state index is 12.6. The lowest BCUT2D eigenvalue weighted by Gasteiger charge is -2.11. The third kappa shape index (κ3) is 4.94. The normalized spacial score (nSPS) is 15.4. The highest BCUT2D eigenvalue weighted by molar-refractivity contribution is 7.90. The van der Waals surface area contributed by atoms with E-state index in [-0.39, 0.29) is 17.2 Å². The number of anilines is 1. The third-order valence-corrected chi connectivity index (χ3v) is 6.19. The number of rotatable bonds is 6. The highest BCUT2D eigenvalue weighted by Gasteiger charge is 2.20. The number of nitrogens with one attached hydrogen (secondary N) is 1. The Morgan fingerprint density at radius 1 is 1.19 bits per heavy atom. The van der Waals surface area contributed by atoms with Gasteiger partial charge in [0.2, 0.25) is 5.91 Å². The first-order valence-electron chi connectivity index (χ1n) is 9.68. The Bertz CT molecular complexity index is 1210. The van der Waals surface area contributed by atoms with Gasteiger partial charge in [0, 0.05) is 25.7 Å². The second kappa shape index (κ2) is 8.64. The molecular weight excluding hydrogens is 418 g/mol. The quantitative estimate of drug-likeness (QED) is 0.620. The molecule has 3 aromatic rings. The molecule has 2 heterocycles. The van der Waals surface area contributed by atoms with Crippen LogP contribution in [-0.2, 0) is 21.2 Å². The Labute approximate surface area is 179 Å². The molecule has 31 heavy (non-hydrogen) atoms. The molecule has 0 spiro atoms. The van der Waals surface area contributed by atoms with Crippen LogP contribution in [-0.4, -0.2) is 58.9 Å². The van der Waals surface area contributed by atoms with Crippen molar-refractivity contribution in [3.63, 3.8) is 0 Å². The van der Waals surface area contributed by atoms with Crippen molar-refractivity contribution < 1.29 is 13.2 Å². The molecule has 0 unspecified atom stereocenters. The number of likely N-dealkylation sites (tertiary alicyclic amines) is 1. The van der Waals surface area contributed by atoms with Gasteiger partial charge < -0.3 is 10.2 Å². The van der Waals surface area contributed by atoms with Crippen molar-refractivity contribution in [1.29, 1.82) is 0 Å². The maximum Gasteiger partial charge on any atom is 0.284 e. The smallest absolute Gasteiger partial charge is 0.284 e. The van der Waals surface area contributed by atoms with Crippen molar-refractivity contribution >= 4 is 27.5 Å². The SMILES string of the molecule is CN1CCC/C1=N\S(=O)(=O)c1cccc(NC(=O)Cc2ccc(-n3cnnn3)cc2)c1. The van der Waals surface area contributed by atoms with Gasteiger partial charge in [-0.05, 0) is 52.7 Å². The molecule has 0 saturated carbocycles. The molecule has 1 amide bonds. The first-order chi connectivity index (χ1) is 14.9. The number of nitrogens with zero attached hydrogens (tertiary/aromatic N) is 6. The molecule has 0 bridgehead atoms. The molecule has 1 saturated heterocycles. The van der Waals surface area contributed by atoms with Gasteiger partial charge in [0.05, 0.1) is 17.0 Å². The summed E-state index contributed by atoms with van der Waals surface area (Å²) in [5.41, 5.74) is 1.98. The number of aromatic nitrogens is 4. The van der Waals surface area contributed by atoms with Gasteiger partial charge in [-0.2, -0.15) is 8.42 Å². The Morgan fingerprint density at radius 3 is 2.68 bits per heavy atom. The average Bonchev–Trinajstić information content (AvgIpc) is 3.41. The summed E-state index contributed by atoms with van der Waals surface area (Å²) in [4.78, 5) is 14.3. The van der Waals surface area contributed by atoms with E-state index in [4.69, 9.17) is 0 Å². The van der Waals surface area contributed by atoms with E-state index in [1.807, 2.05) is 36.2 Å². The second-order valence-electron chi connectivity index (χ2n) is 7.18. The van der Waals surface area contributed by atoms with Crippen LogP contribution in [0.4, 0.5) is 5.69 Å².